The predicted molar refractivity (Wildman–Crippen MR) is 133 cm³/mol. The molecule has 2 aromatic heterocycles. The van der Waals surface area contributed by atoms with E-state index in [2.05, 4.69) is 46.6 Å². The fourth-order valence-electron chi connectivity index (χ4n) is 3.30. The Morgan fingerprint density at radius 1 is 0.853 bits per heavy atom. The van der Waals surface area contributed by atoms with Crippen molar-refractivity contribution in [2.24, 2.45) is 0 Å². The van der Waals surface area contributed by atoms with Crippen LogP contribution in [0.3, 0.4) is 0 Å². The lowest BCUT2D eigenvalue weighted by molar-refractivity contribution is 0.262. The zero-order valence-corrected chi connectivity index (χ0v) is 20.0. The lowest BCUT2D eigenvalue weighted by Crippen LogP contribution is -2.19. The van der Waals surface area contributed by atoms with Crippen LogP contribution in [-0.4, -0.2) is 25.8 Å². The van der Waals surface area contributed by atoms with Crippen LogP contribution in [0, 0.1) is 13.8 Å². The van der Waals surface area contributed by atoms with Gasteiger partial charge in [-0.1, -0.05) is 32.9 Å². The molecule has 0 saturated heterocycles. The Balaban J connectivity index is 1.33. The van der Waals surface area contributed by atoms with Crippen molar-refractivity contribution in [1.82, 2.24) is 19.7 Å². The number of amides is 2. The molecule has 0 spiro atoms. The standard InChI is InChI=1S/C26H28N6O2/c1-17-18(2)32(16-27-17)23-14-15-24(31-30-23)34-22-12-10-21(11-13-22)29-25(33)28-20-8-6-19(7-9-20)26(3,4)5/h6-16H,1-5H3,(H2,28,29,33). The molecule has 4 rings (SSSR count). The number of imidazole rings is 1. The van der Waals surface area contributed by atoms with Crippen molar-refractivity contribution in [3.8, 4) is 17.4 Å². The van der Waals surface area contributed by atoms with Crippen LogP contribution in [0.4, 0.5) is 16.2 Å². The molecular weight excluding hydrogens is 428 g/mol. The van der Waals surface area contributed by atoms with E-state index < -0.39 is 0 Å². The van der Waals surface area contributed by atoms with E-state index in [0.717, 1.165) is 17.1 Å². The lowest BCUT2D eigenvalue weighted by atomic mass is 9.87. The summed E-state index contributed by atoms with van der Waals surface area (Å²) in [5.74, 6) is 1.62. The van der Waals surface area contributed by atoms with Crippen LogP contribution in [0.15, 0.2) is 67.0 Å². The molecule has 34 heavy (non-hydrogen) atoms. The first-order chi connectivity index (χ1) is 16.2. The zero-order chi connectivity index (χ0) is 24.3. The average molecular weight is 457 g/mol. The number of carbonyl (C=O) groups is 1. The summed E-state index contributed by atoms with van der Waals surface area (Å²) < 4.78 is 7.64. The number of nitrogens with zero attached hydrogens (tertiary/aromatic N) is 4. The van der Waals surface area contributed by atoms with E-state index in [-0.39, 0.29) is 11.4 Å². The molecule has 8 nitrogen and oxygen atoms in total. The second-order valence-corrected chi connectivity index (χ2v) is 9.05. The van der Waals surface area contributed by atoms with Crippen molar-refractivity contribution in [3.05, 3.63) is 83.9 Å². The van der Waals surface area contributed by atoms with Gasteiger partial charge in [-0.15, -0.1) is 10.2 Å². The first-order valence-electron chi connectivity index (χ1n) is 11.0. The normalized spacial score (nSPS) is 11.2. The third-order valence-corrected chi connectivity index (χ3v) is 5.47. The fourth-order valence-corrected chi connectivity index (χ4v) is 3.30. The van der Waals surface area contributed by atoms with Gasteiger partial charge < -0.3 is 15.4 Å². The SMILES string of the molecule is Cc1ncn(-c2ccc(Oc3ccc(NC(=O)Nc4ccc(C(C)(C)C)cc4)cc3)nn2)c1C. The van der Waals surface area contributed by atoms with Gasteiger partial charge in [0.2, 0.25) is 5.88 Å². The van der Waals surface area contributed by atoms with Crippen LogP contribution in [0.1, 0.15) is 37.7 Å². The highest BCUT2D eigenvalue weighted by Crippen LogP contribution is 2.24. The van der Waals surface area contributed by atoms with Crippen molar-refractivity contribution in [3.63, 3.8) is 0 Å². The van der Waals surface area contributed by atoms with Gasteiger partial charge >= 0.3 is 6.03 Å². The molecule has 2 aromatic carbocycles. The predicted octanol–water partition coefficient (Wildman–Crippen LogP) is 6.01. The van der Waals surface area contributed by atoms with E-state index in [0.29, 0.717) is 23.1 Å². The molecule has 2 N–H and O–H groups in total. The number of ether oxygens (including phenoxy) is 1. The van der Waals surface area contributed by atoms with Gasteiger partial charge in [-0.25, -0.2) is 9.78 Å². The number of hydrogen-bond acceptors (Lipinski definition) is 5. The molecule has 8 heteroatoms. The highest BCUT2D eigenvalue weighted by atomic mass is 16.5. The summed E-state index contributed by atoms with van der Waals surface area (Å²) in [6, 6.07) is 18.1. The number of anilines is 2. The highest BCUT2D eigenvalue weighted by Gasteiger charge is 2.13. The van der Waals surface area contributed by atoms with Crippen LogP contribution in [0.2, 0.25) is 0 Å². The average Bonchev–Trinajstić information content (AvgIpc) is 3.13. The quantitative estimate of drug-likeness (QED) is 0.383. The van der Waals surface area contributed by atoms with Crippen molar-refractivity contribution >= 4 is 17.4 Å². The highest BCUT2D eigenvalue weighted by molar-refractivity contribution is 5.99. The second kappa shape index (κ2) is 9.35. The maximum atomic E-state index is 12.3. The smallest absolute Gasteiger partial charge is 0.323 e. The summed E-state index contributed by atoms with van der Waals surface area (Å²) in [6.07, 6.45) is 1.72. The van der Waals surface area contributed by atoms with Crippen molar-refractivity contribution in [2.75, 3.05) is 10.6 Å². The largest absolute Gasteiger partial charge is 0.438 e. The lowest BCUT2D eigenvalue weighted by Gasteiger charge is -2.19. The molecule has 0 fully saturated rings. The maximum absolute atomic E-state index is 12.3. The Labute approximate surface area is 199 Å². The van der Waals surface area contributed by atoms with Crippen LogP contribution in [0.25, 0.3) is 5.82 Å². The Bertz CT molecular complexity index is 1270. The minimum atomic E-state index is -0.316. The van der Waals surface area contributed by atoms with Gasteiger partial charge in [0.1, 0.15) is 12.1 Å². The van der Waals surface area contributed by atoms with E-state index in [1.165, 1.54) is 5.56 Å². The summed E-state index contributed by atoms with van der Waals surface area (Å²) >= 11 is 0. The number of aromatic nitrogens is 4. The molecule has 2 heterocycles. The second-order valence-electron chi connectivity index (χ2n) is 9.05. The maximum Gasteiger partial charge on any atom is 0.323 e. The van der Waals surface area contributed by atoms with Crippen LogP contribution < -0.4 is 15.4 Å². The molecule has 0 aliphatic carbocycles. The number of aryl methyl sites for hydroxylation is 1. The minimum absolute atomic E-state index is 0.0659. The molecule has 0 atom stereocenters. The molecule has 0 bridgehead atoms. The summed E-state index contributed by atoms with van der Waals surface area (Å²) in [6.45, 7) is 10.4. The van der Waals surface area contributed by atoms with E-state index in [9.17, 15) is 4.79 Å². The van der Waals surface area contributed by atoms with Crippen molar-refractivity contribution in [1.29, 1.82) is 0 Å². The third kappa shape index (κ3) is 5.40. The van der Waals surface area contributed by atoms with E-state index in [4.69, 9.17) is 4.74 Å². The number of carbonyl (C=O) groups excluding carboxylic acids is 1. The first-order valence-corrected chi connectivity index (χ1v) is 11.0. The Morgan fingerprint density at radius 2 is 1.47 bits per heavy atom. The van der Waals surface area contributed by atoms with Gasteiger partial charge in [0, 0.05) is 23.1 Å². The number of hydrogen-bond donors (Lipinski definition) is 2. The summed E-state index contributed by atoms with van der Waals surface area (Å²) in [5.41, 5.74) is 4.61. The minimum Gasteiger partial charge on any atom is -0.438 e. The van der Waals surface area contributed by atoms with Gasteiger partial charge in [0.25, 0.3) is 0 Å². The third-order valence-electron chi connectivity index (χ3n) is 5.47. The molecule has 2 amide bonds. The Kier molecular flexibility index (Phi) is 6.32. The summed E-state index contributed by atoms with van der Waals surface area (Å²) in [7, 11) is 0. The van der Waals surface area contributed by atoms with Crippen LogP contribution in [0.5, 0.6) is 11.6 Å². The summed E-state index contributed by atoms with van der Waals surface area (Å²) in [5, 5.41) is 14.0. The Hall–Kier alpha value is -4.20. The number of nitrogens with one attached hydrogen (secondary N) is 2. The summed E-state index contributed by atoms with van der Waals surface area (Å²) in [4.78, 5) is 16.6. The zero-order valence-electron chi connectivity index (χ0n) is 20.0. The number of rotatable bonds is 5. The molecule has 174 valence electrons. The monoisotopic (exact) mass is 456 g/mol. The van der Waals surface area contributed by atoms with Gasteiger partial charge in [-0.3, -0.25) is 4.57 Å². The van der Waals surface area contributed by atoms with Crippen LogP contribution in [-0.2, 0) is 5.41 Å². The van der Waals surface area contributed by atoms with Gasteiger partial charge in [0.05, 0.1) is 5.69 Å². The van der Waals surface area contributed by atoms with Crippen molar-refractivity contribution < 1.29 is 9.53 Å². The van der Waals surface area contributed by atoms with Gasteiger partial charge in [-0.2, -0.15) is 0 Å². The first kappa shape index (κ1) is 23.0. The molecule has 0 saturated carbocycles. The molecule has 0 aliphatic heterocycles. The van der Waals surface area contributed by atoms with E-state index in [1.807, 2.05) is 48.7 Å². The molecule has 4 aromatic rings. The molecular formula is C26H28N6O2. The molecule has 0 aliphatic rings. The number of benzene rings is 2. The van der Waals surface area contributed by atoms with Gasteiger partial charge in [0.15, 0.2) is 5.82 Å². The topological polar surface area (TPSA) is 94.0 Å². The van der Waals surface area contributed by atoms with E-state index >= 15 is 0 Å². The Morgan fingerprint density at radius 3 is 1.97 bits per heavy atom. The van der Waals surface area contributed by atoms with Crippen LogP contribution >= 0.6 is 0 Å². The van der Waals surface area contributed by atoms with E-state index in [1.54, 1.807) is 36.7 Å². The fraction of sp³-hybridized carbons (Fsp3) is 0.231. The molecule has 0 unspecified atom stereocenters. The molecule has 0 radical (unpaired) electrons. The van der Waals surface area contributed by atoms with Gasteiger partial charge in [-0.05, 0) is 67.3 Å². The van der Waals surface area contributed by atoms with Crippen molar-refractivity contribution in [2.45, 2.75) is 40.0 Å². The number of urea groups is 1.